The van der Waals surface area contributed by atoms with Crippen molar-refractivity contribution < 1.29 is 14.3 Å². The Kier molecular flexibility index (Phi) is 5.11. The summed E-state index contributed by atoms with van der Waals surface area (Å²) in [7, 11) is 1.63. The summed E-state index contributed by atoms with van der Waals surface area (Å²) in [6.07, 6.45) is 4.31. The van der Waals surface area contributed by atoms with Crippen molar-refractivity contribution in [2.24, 2.45) is 0 Å². The minimum Gasteiger partial charge on any atom is -0.497 e. The first-order valence-corrected chi connectivity index (χ1v) is 8.88. The lowest BCUT2D eigenvalue weighted by Gasteiger charge is -2.42. The lowest BCUT2D eigenvalue weighted by molar-refractivity contribution is -0.160. The van der Waals surface area contributed by atoms with Gasteiger partial charge in [-0.05, 0) is 50.8 Å². The Balaban J connectivity index is 1.86. The van der Waals surface area contributed by atoms with Gasteiger partial charge in [-0.3, -0.25) is 9.59 Å². The highest BCUT2D eigenvalue weighted by Gasteiger charge is 2.47. The highest BCUT2D eigenvalue weighted by Crippen LogP contribution is 2.30. The van der Waals surface area contributed by atoms with Crippen molar-refractivity contribution in [3.63, 3.8) is 0 Å². The number of ether oxygens (including phenoxy) is 1. The molecule has 2 amide bonds. The van der Waals surface area contributed by atoms with Crippen molar-refractivity contribution in [3.8, 4) is 5.75 Å². The van der Waals surface area contributed by atoms with Gasteiger partial charge in [-0.1, -0.05) is 23.8 Å². The second-order valence-corrected chi connectivity index (χ2v) is 7.04. The molecule has 2 saturated heterocycles. The summed E-state index contributed by atoms with van der Waals surface area (Å²) in [5.74, 6) is 0.959. The van der Waals surface area contributed by atoms with E-state index in [-0.39, 0.29) is 17.9 Å². The lowest BCUT2D eigenvalue weighted by atomic mass is 10.0. The lowest BCUT2D eigenvalue weighted by Crippen LogP contribution is -2.62. The van der Waals surface area contributed by atoms with E-state index < -0.39 is 6.04 Å². The van der Waals surface area contributed by atoms with Crippen molar-refractivity contribution in [1.29, 1.82) is 0 Å². The molecule has 2 aliphatic heterocycles. The fourth-order valence-corrected chi connectivity index (χ4v) is 3.65. The normalized spacial score (nSPS) is 22.8. The van der Waals surface area contributed by atoms with E-state index in [1.165, 1.54) is 0 Å². The molecule has 1 aromatic carbocycles. The van der Waals surface area contributed by atoms with Gasteiger partial charge in [0.2, 0.25) is 11.8 Å². The van der Waals surface area contributed by atoms with E-state index in [2.05, 4.69) is 0 Å². The summed E-state index contributed by atoms with van der Waals surface area (Å²) in [5, 5.41) is 0. The maximum atomic E-state index is 13.0. The Labute approximate surface area is 149 Å². The molecule has 2 fully saturated rings. The first kappa shape index (κ1) is 17.5. The van der Waals surface area contributed by atoms with Crippen LogP contribution in [-0.2, 0) is 16.1 Å². The van der Waals surface area contributed by atoms with Crippen molar-refractivity contribution in [3.05, 3.63) is 41.5 Å². The van der Waals surface area contributed by atoms with Crippen LogP contribution in [0.1, 0.15) is 38.7 Å². The van der Waals surface area contributed by atoms with Crippen LogP contribution < -0.4 is 4.74 Å². The molecule has 2 heterocycles. The highest BCUT2D eigenvalue weighted by atomic mass is 16.5. The molecule has 25 heavy (non-hydrogen) atoms. The molecule has 2 atom stereocenters. The molecule has 0 unspecified atom stereocenters. The third-order valence-corrected chi connectivity index (χ3v) is 5.03. The maximum absolute atomic E-state index is 13.0. The largest absolute Gasteiger partial charge is 0.497 e. The zero-order valence-electron chi connectivity index (χ0n) is 15.2. The van der Waals surface area contributed by atoms with Crippen molar-refractivity contribution in [2.45, 2.75) is 51.7 Å². The van der Waals surface area contributed by atoms with Gasteiger partial charge in [-0.2, -0.15) is 0 Å². The van der Waals surface area contributed by atoms with Crippen LogP contribution >= 0.6 is 0 Å². The predicted molar refractivity (Wildman–Crippen MR) is 96.1 cm³/mol. The van der Waals surface area contributed by atoms with E-state index >= 15 is 0 Å². The number of allylic oxidation sites excluding steroid dienone is 1. The van der Waals surface area contributed by atoms with Crippen molar-refractivity contribution in [2.75, 3.05) is 13.7 Å². The number of piperazine rings is 1. The van der Waals surface area contributed by atoms with Crippen LogP contribution in [0.25, 0.3) is 0 Å². The van der Waals surface area contributed by atoms with Crippen LogP contribution in [-0.4, -0.2) is 47.4 Å². The molecule has 0 saturated carbocycles. The predicted octanol–water partition coefficient (Wildman–Crippen LogP) is 2.75. The second kappa shape index (κ2) is 7.30. The topological polar surface area (TPSA) is 49.9 Å². The SMILES string of the molecule is COc1ccc(CN2C(=O)[C@@H]3CCCN3C(=O)[C@@H]2CC=C(C)C)cc1. The molecule has 0 aromatic heterocycles. The van der Waals surface area contributed by atoms with E-state index in [9.17, 15) is 9.59 Å². The average Bonchev–Trinajstić information content (AvgIpc) is 3.09. The molecule has 3 rings (SSSR count). The van der Waals surface area contributed by atoms with Gasteiger partial charge in [0.05, 0.1) is 7.11 Å². The summed E-state index contributed by atoms with van der Waals surface area (Å²) in [4.78, 5) is 29.5. The number of fused-ring (bicyclic) bond motifs is 1. The Morgan fingerprint density at radius 2 is 1.92 bits per heavy atom. The third kappa shape index (κ3) is 3.55. The number of amides is 2. The number of hydrogen-bond donors (Lipinski definition) is 0. The minimum atomic E-state index is -0.404. The zero-order chi connectivity index (χ0) is 18.0. The van der Waals surface area contributed by atoms with Gasteiger partial charge in [0.15, 0.2) is 0 Å². The van der Waals surface area contributed by atoms with E-state index in [1.54, 1.807) is 16.9 Å². The molecule has 134 valence electrons. The molecule has 0 aliphatic carbocycles. The number of methoxy groups -OCH3 is 1. The molecule has 0 bridgehead atoms. The van der Waals surface area contributed by atoms with Crippen LogP contribution in [0.4, 0.5) is 0 Å². The molecule has 0 radical (unpaired) electrons. The van der Waals surface area contributed by atoms with Crippen LogP contribution in [0.3, 0.4) is 0 Å². The Hall–Kier alpha value is -2.30. The fraction of sp³-hybridized carbons (Fsp3) is 0.500. The Morgan fingerprint density at radius 1 is 1.20 bits per heavy atom. The zero-order valence-corrected chi connectivity index (χ0v) is 15.2. The average molecular weight is 342 g/mol. The fourth-order valence-electron chi connectivity index (χ4n) is 3.65. The van der Waals surface area contributed by atoms with Gasteiger partial charge in [-0.25, -0.2) is 0 Å². The number of benzene rings is 1. The molecular formula is C20H26N2O3. The monoisotopic (exact) mass is 342 g/mol. The number of nitrogens with zero attached hydrogens (tertiary/aromatic N) is 2. The van der Waals surface area contributed by atoms with Gasteiger partial charge in [0, 0.05) is 13.1 Å². The molecule has 0 spiro atoms. The molecular weight excluding hydrogens is 316 g/mol. The quantitative estimate of drug-likeness (QED) is 0.773. The van der Waals surface area contributed by atoms with E-state index in [0.717, 1.165) is 29.7 Å². The maximum Gasteiger partial charge on any atom is 0.246 e. The molecule has 0 N–H and O–H groups in total. The third-order valence-electron chi connectivity index (χ3n) is 5.03. The Morgan fingerprint density at radius 3 is 2.56 bits per heavy atom. The summed E-state index contributed by atoms with van der Waals surface area (Å²) in [6.45, 7) is 5.19. The summed E-state index contributed by atoms with van der Waals surface area (Å²) >= 11 is 0. The standard InChI is InChI=1S/C20H26N2O3/c1-14(2)6-11-18-19(23)21-12-4-5-17(21)20(24)22(18)13-15-7-9-16(25-3)10-8-15/h6-10,17-18H,4-5,11-13H2,1-3H3/t17-,18-/m0/s1. The van der Waals surface area contributed by atoms with Crippen LogP contribution in [0.2, 0.25) is 0 Å². The molecule has 1 aromatic rings. The van der Waals surface area contributed by atoms with Gasteiger partial charge in [0.1, 0.15) is 17.8 Å². The van der Waals surface area contributed by atoms with E-state index in [4.69, 9.17) is 4.74 Å². The minimum absolute atomic E-state index is 0.0834. The van der Waals surface area contributed by atoms with Gasteiger partial charge in [-0.15, -0.1) is 0 Å². The smallest absolute Gasteiger partial charge is 0.246 e. The summed E-state index contributed by atoms with van der Waals surface area (Å²) in [6, 6.07) is 7.01. The van der Waals surface area contributed by atoms with E-state index in [1.807, 2.05) is 44.2 Å². The second-order valence-electron chi connectivity index (χ2n) is 7.04. The Bertz CT molecular complexity index is 677. The van der Waals surface area contributed by atoms with Crippen molar-refractivity contribution >= 4 is 11.8 Å². The summed E-state index contributed by atoms with van der Waals surface area (Å²) in [5.41, 5.74) is 2.17. The van der Waals surface area contributed by atoms with Gasteiger partial charge >= 0.3 is 0 Å². The molecule has 5 nitrogen and oxygen atoms in total. The first-order chi connectivity index (χ1) is 12.0. The molecule has 2 aliphatic rings. The number of carbonyl (C=O) groups excluding carboxylic acids is 2. The van der Waals surface area contributed by atoms with Crippen LogP contribution in [0, 0.1) is 0 Å². The van der Waals surface area contributed by atoms with E-state index in [0.29, 0.717) is 19.5 Å². The van der Waals surface area contributed by atoms with Gasteiger partial charge < -0.3 is 14.5 Å². The van der Waals surface area contributed by atoms with Crippen LogP contribution in [0.5, 0.6) is 5.75 Å². The summed E-state index contributed by atoms with van der Waals surface area (Å²) < 4.78 is 5.19. The molecule has 5 heteroatoms. The highest BCUT2D eigenvalue weighted by molar-refractivity contribution is 5.97. The van der Waals surface area contributed by atoms with Crippen LogP contribution in [0.15, 0.2) is 35.9 Å². The number of rotatable bonds is 5. The van der Waals surface area contributed by atoms with Crippen molar-refractivity contribution in [1.82, 2.24) is 9.80 Å². The van der Waals surface area contributed by atoms with Gasteiger partial charge in [0.25, 0.3) is 0 Å². The number of carbonyl (C=O) groups is 2. The first-order valence-electron chi connectivity index (χ1n) is 8.88. The number of hydrogen-bond acceptors (Lipinski definition) is 3.